The van der Waals surface area contributed by atoms with E-state index in [4.69, 9.17) is 9.47 Å². The second-order valence-corrected chi connectivity index (χ2v) is 3.87. The van der Waals surface area contributed by atoms with E-state index >= 15 is 0 Å². The van der Waals surface area contributed by atoms with Crippen molar-refractivity contribution in [3.63, 3.8) is 0 Å². The second-order valence-electron chi connectivity index (χ2n) is 3.87. The quantitative estimate of drug-likeness (QED) is 0.732. The molecule has 2 N–H and O–H groups in total. The summed E-state index contributed by atoms with van der Waals surface area (Å²) in [5, 5.41) is 5.50. The maximum Gasteiger partial charge on any atom is 0.314 e. The Bertz CT molecular complexity index is 191. The minimum atomic E-state index is -0.155. The maximum absolute atomic E-state index is 11.2. The monoisotopic (exact) mass is 216 g/mol. The number of hydrogen-bond acceptors (Lipinski definition) is 3. The third-order valence-corrected chi connectivity index (χ3v) is 1.98. The lowest BCUT2D eigenvalue weighted by Crippen LogP contribution is -2.41. The number of carbonyl (C=O) groups is 1. The Morgan fingerprint density at radius 1 is 1.40 bits per heavy atom. The van der Waals surface area contributed by atoms with Gasteiger partial charge in [0, 0.05) is 19.0 Å². The summed E-state index contributed by atoms with van der Waals surface area (Å²) in [6, 6.07) is 0.0213. The number of nitrogens with one attached hydrogen (secondary N) is 2. The molecule has 88 valence electrons. The second kappa shape index (κ2) is 6.63. The molecule has 1 rings (SSSR count). The van der Waals surface area contributed by atoms with Crippen molar-refractivity contribution in [3.05, 3.63) is 0 Å². The zero-order valence-electron chi connectivity index (χ0n) is 9.41. The Morgan fingerprint density at radius 3 is 2.67 bits per heavy atom. The van der Waals surface area contributed by atoms with Gasteiger partial charge in [-0.3, -0.25) is 0 Å². The van der Waals surface area contributed by atoms with Crippen molar-refractivity contribution in [2.45, 2.75) is 39.0 Å². The average Bonchev–Trinajstić information content (AvgIpc) is 2.18. The molecule has 1 heterocycles. The molecule has 0 aromatic carbocycles. The van der Waals surface area contributed by atoms with Gasteiger partial charge in [0.2, 0.25) is 0 Å². The zero-order valence-corrected chi connectivity index (χ0v) is 9.41. The number of amides is 2. The molecular weight excluding hydrogens is 196 g/mol. The van der Waals surface area contributed by atoms with Crippen LogP contribution in [0.1, 0.15) is 26.7 Å². The normalized spacial score (nSPS) is 17.8. The molecule has 0 radical (unpaired) electrons. The van der Waals surface area contributed by atoms with E-state index in [0.29, 0.717) is 13.0 Å². The maximum atomic E-state index is 11.2. The van der Waals surface area contributed by atoms with Gasteiger partial charge in [-0.1, -0.05) is 0 Å². The standard InChI is InChI=1S/C10H20N2O3/c1-8(2)12-10(13)11-5-4-9-14-6-3-7-15-9/h8-9H,3-7H2,1-2H3,(H2,11,12,13). The van der Waals surface area contributed by atoms with Gasteiger partial charge < -0.3 is 20.1 Å². The summed E-state index contributed by atoms with van der Waals surface area (Å²) in [5.41, 5.74) is 0. The fraction of sp³-hybridized carbons (Fsp3) is 0.900. The van der Waals surface area contributed by atoms with Crippen LogP contribution in [0.15, 0.2) is 0 Å². The molecule has 1 saturated heterocycles. The largest absolute Gasteiger partial charge is 0.353 e. The number of hydrogen-bond donors (Lipinski definition) is 2. The van der Waals surface area contributed by atoms with Crippen LogP contribution in [-0.2, 0) is 9.47 Å². The molecule has 0 aromatic heterocycles. The molecule has 5 heteroatoms. The predicted octanol–water partition coefficient (Wildman–Crippen LogP) is 0.847. The predicted molar refractivity (Wildman–Crippen MR) is 56.6 cm³/mol. The molecular formula is C10H20N2O3. The van der Waals surface area contributed by atoms with E-state index in [0.717, 1.165) is 19.6 Å². The van der Waals surface area contributed by atoms with Gasteiger partial charge in [-0.15, -0.1) is 0 Å². The van der Waals surface area contributed by atoms with Crippen LogP contribution in [0.2, 0.25) is 0 Å². The van der Waals surface area contributed by atoms with Gasteiger partial charge in [0.1, 0.15) is 0 Å². The summed E-state index contributed by atoms with van der Waals surface area (Å²) in [7, 11) is 0. The van der Waals surface area contributed by atoms with Gasteiger partial charge in [0.15, 0.2) is 6.29 Å². The Hall–Kier alpha value is -0.810. The first-order chi connectivity index (χ1) is 7.18. The molecule has 2 amide bonds. The van der Waals surface area contributed by atoms with E-state index in [1.54, 1.807) is 0 Å². The highest BCUT2D eigenvalue weighted by molar-refractivity contribution is 5.73. The number of rotatable bonds is 4. The molecule has 0 saturated carbocycles. The Morgan fingerprint density at radius 2 is 2.07 bits per heavy atom. The fourth-order valence-electron chi connectivity index (χ4n) is 1.32. The van der Waals surface area contributed by atoms with Gasteiger partial charge in [0.05, 0.1) is 13.2 Å². The molecule has 15 heavy (non-hydrogen) atoms. The van der Waals surface area contributed by atoms with Crippen LogP contribution >= 0.6 is 0 Å². The van der Waals surface area contributed by atoms with Crippen molar-refractivity contribution >= 4 is 6.03 Å². The van der Waals surface area contributed by atoms with Crippen molar-refractivity contribution in [3.8, 4) is 0 Å². The summed E-state index contributed by atoms with van der Waals surface area (Å²) in [4.78, 5) is 11.2. The molecule has 0 aromatic rings. The van der Waals surface area contributed by atoms with Gasteiger partial charge in [-0.05, 0) is 20.3 Å². The summed E-state index contributed by atoms with van der Waals surface area (Å²) >= 11 is 0. The van der Waals surface area contributed by atoms with Crippen molar-refractivity contribution in [2.24, 2.45) is 0 Å². The lowest BCUT2D eigenvalue weighted by atomic mass is 10.3. The summed E-state index contributed by atoms with van der Waals surface area (Å²) in [5.74, 6) is 0. The first-order valence-corrected chi connectivity index (χ1v) is 5.46. The summed E-state index contributed by atoms with van der Waals surface area (Å²) < 4.78 is 10.7. The highest BCUT2D eigenvalue weighted by Crippen LogP contribution is 2.07. The van der Waals surface area contributed by atoms with Crippen LogP contribution in [0.25, 0.3) is 0 Å². The first kappa shape index (κ1) is 12.3. The molecule has 0 unspecified atom stereocenters. The van der Waals surface area contributed by atoms with Crippen LogP contribution in [0, 0.1) is 0 Å². The Kier molecular flexibility index (Phi) is 5.42. The molecule has 5 nitrogen and oxygen atoms in total. The van der Waals surface area contributed by atoms with E-state index in [1.807, 2.05) is 13.8 Å². The highest BCUT2D eigenvalue weighted by atomic mass is 16.7. The van der Waals surface area contributed by atoms with Gasteiger partial charge >= 0.3 is 6.03 Å². The zero-order chi connectivity index (χ0) is 11.1. The van der Waals surface area contributed by atoms with Gasteiger partial charge in [-0.25, -0.2) is 4.79 Å². The van der Waals surface area contributed by atoms with Crippen LogP contribution in [0.3, 0.4) is 0 Å². The Balaban J connectivity index is 2.02. The lowest BCUT2D eigenvalue weighted by molar-refractivity contribution is -0.180. The molecule has 0 bridgehead atoms. The van der Waals surface area contributed by atoms with Crippen molar-refractivity contribution in [1.82, 2.24) is 10.6 Å². The van der Waals surface area contributed by atoms with E-state index in [1.165, 1.54) is 0 Å². The highest BCUT2D eigenvalue weighted by Gasteiger charge is 2.13. The molecule has 1 fully saturated rings. The third kappa shape index (κ3) is 5.59. The lowest BCUT2D eigenvalue weighted by Gasteiger charge is -2.23. The van der Waals surface area contributed by atoms with E-state index in [2.05, 4.69) is 10.6 Å². The van der Waals surface area contributed by atoms with Gasteiger partial charge in [-0.2, -0.15) is 0 Å². The molecule has 0 spiro atoms. The van der Waals surface area contributed by atoms with Crippen LogP contribution < -0.4 is 10.6 Å². The first-order valence-electron chi connectivity index (χ1n) is 5.46. The van der Waals surface area contributed by atoms with E-state index < -0.39 is 0 Å². The van der Waals surface area contributed by atoms with Gasteiger partial charge in [0.25, 0.3) is 0 Å². The van der Waals surface area contributed by atoms with Crippen molar-refractivity contribution in [2.75, 3.05) is 19.8 Å². The number of ether oxygens (including phenoxy) is 2. The van der Waals surface area contributed by atoms with Crippen LogP contribution in [0.4, 0.5) is 4.79 Å². The average molecular weight is 216 g/mol. The molecule has 1 aliphatic rings. The molecule has 0 aliphatic carbocycles. The van der Waals surface area contributed by atoms with E-state index in [9.17, 15) is 4.79 Å². The Labute approximate surface area is 90.5 Å². The van der Waals surface area contributed by atoms with Crippen molar-refractivity contribution < 1.29 is 14.3 Å². The van der Waals surface area contributed by atoms with Crippen LogP contribution in [-0.4, -0.2) is 38.1 Å². The number of carbonyl (C=O) groups excluding carboxylic acids is 1. The molecule has 1 aliphatic heterocycles. The number of urea groups is 1. The SMILES string of the molecule is CC(C)NC(=O)NCCC1OCCCO1. The van der Waals surface area contributed by atoms with Crippen LogP contribution in [0.5, 0.6) is 0 Å². The molecule has 0 atom stereocenters. The topological polar surface area (TPSA) is 59.6 Å². The minimum Gasteiger partial charge on any atom is -0.353 e. The summed E-state index contributed by atoms with van der Waals surface area (Å²) in [6.45, 7) is 5.93. The fourth-order valence-corrected chi connectivity index (χ4v) is 1.32. The smallest absolute Gasteiger partial charge is 0.314 e. The third-order valence-electron chi connectivity index (χ3n) is 1.98. The minimum absolute atomic E-state index is 0.138. The van der Waals surface area contributed by atoms with E-state index in [-0.39, 0.29) is 18.4 Å². The van der Waals surface area contributed by atoms with Crippen molar-refractivity contribution in [1.29, 1.82) is 0 Å². The summed E-state index contributed by atoms with van der Waals surface area (Å²) in [6.07, 6.45) is 1.50.